The van der Waals surface area contributed by atoms with E-state index in [0.717, 1.165) is 0 Å². The van der Waals surface area contributed by atoms with Gasteiger partial charge in [0.1, 0.15) is 0 Å². The van der Waals surface area contributed by atoms with Crippen molar-refractivity contribution in [2.45, 2.75) is 5.92 Å². The van der Waals surface area contributed by atoms with Crippen molar-refractivity contribution in [1.29, 1.82) is 0 Å². The Kier molecular flexibility index (Phi) is 4.12. The zero-order valence-electron chi connectivity index (χ0n) is 13.5. The molecule has 0 amide bonds. The molecule has 1 aliphatic rings. The van der Waals surface area contributed by atoms with Crippen LogP contribution in [-0.2, 0) is 0 Å². The molecule has 0 fully saturated rings. The zero-order valence-corrected chi connectivity index (χ0v) is 13.5. The molecule has 0 spiro atoms. The summed E-state index contributed by atoms with van der Waals surface area (Å²) in [7, 11) is 0. The van der Waals surface area contributed by atoms with E-state index in [2.05, 4.69) is 109 Å². The number of hydrogen-bond acceptors (Lipinski definition) is 0. The maximum atomic E-state index is 2.34. The van der Waals surface area contributed by atoms with Crippen LogP contribution in [0.4, 0.5) is 0 Å². The van der Waals surface area contributed by atoms with Gasteiger partial charge in [0.25, 0.3) is 0 Å². The average Bonchev–Trinajstić information content (AvgIpc) is 3.14. The summed E-state index contributed by atoms with van der Waals surface area (Å²) in [6.45, 7) is 0. The second kappa shape index (κ2) is 6.72. The maximum absolute atomic E-state index is 2.34. The van der Waals surface area contributed by atoms with Crippen molar-refractivity contribution in [2.24, 2.45) is 5.92 Å². The van der Waals surface area contributed by atoms with E-state index in [-0.39, 0.29) is 0 Å². The predicted molar refractivity (Wildman–Crippen MR) is 102 cm³/mol. The summed E-state index contributed by atoms with van der Waals surface area (Å²) in [5.74, 6) is 0.690. The van der Waals surface area contributed by atoms with Crippen LogP contribution in [0.2, 0.25) is 0 Å². The second-order valence-corrected chi connectivity index (χ2v) is 6.20. The smallest absolute Gasteiger partial charge is 0.0193 e. The highest BCUT2D eigenvalue weighted by Crippen LogP contribution is 2.43. The fourth-order valence-corrected chi connectivity index (χ4v) is 3.63. The van der Waals surface area contributed by atoms with Crippen molar-refractivity contribution in [3.8, 4) is 0 Å². The van der Waals surface area contributed by atoms with Crippen LogP contribution in [0.5, 0.6) is 0 Å². The first-order chi connectivity index (χ1) is 11.9. The lowest BCUT2D eigenvalue weighted by atomic mass is 9.76. The largest absolute Gasteiger partial charge is 0.0760 e. The van der Waals surface area contributed by atoms with Gasteiger partial charge >= 0.3 is 0 Å². The first-order valence-corrected chi connectivity index (χ1v) is 8.47. The molecule has 0 radical (unpaired) electrons. The number of allylic oxidation sites excluding steroid dienone is 4. The van der Waals surface area contributed by atoms with Gasteiger partial charge in [-0.25, -0.2) is 0 Å². The van der Waals surface area contributed by atoms with Gasteiger partial charge in [-0.05, 0) is 22.3 Å². The van der Waals surface area contributed by atoms with E-state index in [1.807, 2.05) is 0 Å². The molecule has 0 heterocycles. The van der Waals surface area contributed by atoms with Gasteiger partial charge in [0, 0.05) is 11.8 Å². The number of benzene rings is 3. The topological polar surface area (TPSA) is 0 Å². The van der Waals surface area contributed by atoms with E-state index in [1.54, 1.807) is 0 Å². The van der Waals surface area contributed by atoms with Gasteiger partial charge in [0.2, 0.25) is 0 Å². The molecule has 1 unspecified atom stereocenters. The van der Waals surface area contributed by atoms with Crippen LogP contribution >= 0.6 is 0 Å². The molecule has 24 heavy (non-hydrogen) atoms. The van der Waals surface area contributed by atoms with Crippen LogP contribution in [0.3, 0.4) is 0 Å². The summed E-state index contributed by atoms with van der Waals surface area (Å²) in [5, 5.41) is 0. The van der Waals surface area contributed by atoms with Gasteiger partial charge in [0.15, 0.2) is 0 Å². The van der Waals surface area contributed by atoms with Gasteiger partial charge < -0.3 is 0 Å². The summed E-state index contributed by atoms with van der Waals surface area (Å²) in [5.41, 5.74) is 5.43. The van der Waals surface area contributed by atoms with E-state index in [1.165, 1.54) is 22.3 Å². The molecule has 0 N–H and O–H groups in total. The van der Waals surface area contributed by atoms with E-state index in [0.29, 0.717) is 11.8 Å². The quantitative estimate of drug-likeness (QED) is 0.547. The molecule has 1 atom stereocenters. The van der Waals surface area contributed by atoms with Gasteiger partial charge in [-0.1, -0.05) is 109 Å². The fraction of sp³-hybridized carbons (Fsp3) is 0.0833. The van der Waals surface area contributed by atoms with Crippen LogP contribution in [0.25, 0.3) is 5.57 Å². The summed E-state index contributed by atoms with van der Waals surface area (Å²) in [4.78, 5) is 0. The fourth-order valence-electron chi connectivity index (χ4n) is 3.63. The molecule has 0 heteroatoms. The van der Waals surface area contributed by atoms with Crippen molar-refractivity contribution in [2.75, 3.05) is 0 Å². The van der Waals surface area contributed by atoms with E-state index in [4.69, 9.17) is 0 Å². The van der Waals surface area contributed by atoms with Gasteiger partial charge in [-0.2, -0.15) is 0 Å². The lowest BCUT2D eigenvalue weighted by Crippen LogP contribution is -2.13. The molecule has 1 aliphatic carbocycles. The van der Waals surface area contributed by atoms with Gasteiger partial charge in [-0.3, -0.25) is 0 Å². The molecule has 3 aromatic carbocycles. The summed E-state index contributed by atoms with van der Waals surface area (Å²) < 4.78 is 0. The highest BCUT2D eigenvalue weighted by molar-refractivity contribution is 5.74. The third kappa shape index (κ3) is 2.83. The van der Waals surface area contributed by atoms with Crippen LogP contribution in [-0.4, -0.2) is 0 Å². The second-order valence-electron chi connectivity index (χ2n) is 6.20. The van der Waals surface area contributed by atoms with E-state index >= 15 is 0 Å². The summed E-state index contributed by atoms with van der Waals surface area (Å²) in [6.07, 6.45) is 6.80. The minimum Gasteiger partial charge on any atom is -0.0760 e. The highest BCUT2D eigenvalue weighted by atomic mass is 14.3. The van der Waals surface area contributed by atoms with Crippen molar-refractivity contribution in [1.82, 2.24) is 0 Å². The van der Waals surface area contributed by atoms with Crippen LogP contribution in [0.15, 0.2) is 109 Å². The minimum absolute atomic E-state index is 0.331. The van der Waals surface area contributed by atoms with Crippen LogP contribution < -0.4 is 0 Å². The molecular formula is C24H20. The van der Waals surface area contributed by atoms with Crippen LogP contribution in [0, 0.1) is 5.92 Å². The molecular weight excluding hydrogens is 288 g/mol. The van der Waals surface area contributed by atoms with Gasteiger partial charge in [-0.15, -0.1) is 0 Å². The first-order valence-electron chi connectivity index (χ1n) is 8.47. The Hall–Kier alpha value is -2.86. The lowest BCUT2D eigenvalue weighted by Gasteiger charge is -2.26. The Bertz CT molecular complexity index is 803. The average molecular weight is 308 g/mol. The molecule has 0 aliphatic heterocycles. The third-order valence-electron chi connectivity index (χ3n) is 4.74. The SMILES string of the molecule is C1=CC(C(c2ccccc2)c2ccccc2)C(c2ccccc2)=C1. The Morgan fingerprint density at radius 3 is 1.62 bits per heavy atom. The Morgan fingerprint density at radius 2 is 1.08 bits per heavy atom. The third-order valence-corrected chi connectivity index (χ3v) is 4.74. The Balaban J connectivity index is 1.80. The van der Waals surface area contributed by atoms with Crippen molar-refractivity contribution in [3.63, 3.8) is 0 Å². The van der Waals surface area contributed by atoms with E-state index < -0.39 is 0 Å². The normalized spacial score (nSPS) is 16.4. The Labute approximate surface area is 143 Å². The van der Waals surface area contributed by atoms with E-state index in [9.17, 15) is 0 Å². The van der Waals surface area contributed by atoms with Crippen molar-refractivity contribution in [3.05, 3.63) is 126 Å². The molecule has 4 rings (SSSR count). The maximum Gasteiger partial charge on any atom is 0.0193 e. The molecule has 0 bridgehead atoms. The molecule has 0 saturated carbocycles. The molecule has 3 aromatic rings. The molecule has 116 valence electrons. The van der Waals surface area contributed by atoms with Crippen LogP contribution in [0.1, 0.15) is 22.6 Å². The van der Waals surface area contributed by atoms with Gasteiger partial charge in [0.05, 0.1) is 0 Å². The lowest BCUT2D eigenvalue weighted by molar-refractivity contribution is 0.708. The number of rotatable bonds is 4. The van der Waals surface area contributed by atoms with Crippen molar-refractivity contribution >= 4 is 5.57 Å². The molecule has 0 saturated heterocycles. The number of hydrogen-bond donors (Lipinski definition) is 0. The summed E-state index contributed by atoms with van der Waals surface area (Å²) >= 11 is 0. The highest BCUT2D eigenvalue weighted by Gasteiger charge is 2.28. The Morgan fingerprint density at radius 1 is 0.583 bits per heavy atom. The standard InChI is InChI=1S/C24H20/c1-4-11-19(12-5-1)22-17-10-18-23(22)24(20-13-6-2-7-14-20)21-15-8-3-9-16-21/h1-18,23-24H. The summed E-state index contributed by atoms with van der Waals surface area (Å²) in [6, 6.07) is 32.4. The minimum atomic E-state index is 0.331. The van der Waals surface area contributed by atoms with Crippen molar-refractivity contribution < 1.29 is 0 Å². The zero-order chi connectivity index (χ0) is 16.2. The monoisotopic (exact) mass is 308 g/mol. The first kappa shape index (κ1) is 14.7. The molecule has 0 nitrogen and oxygen atoms in total. The molecule has 0 aromatic heterocycles. The predicted octanol–water partition coefficient (Wildman–Crippen LogP) is 6.09.